The number of fused-ring (bicyclic) bond motifs is 6. The minimum absolute atomic E-state index is 0.0447. The van der Waals surface area contributed by atoms with Gasteiger partial charge < -0.3 is 42.5 Å². The maximum absolute atomic E-state index is 13.9. The maximum atomic E-state index is 13.9. The first kappa shape index (κ1) is 47.2. The maximum Gasteiger partial charge on any atom is 0.237 e. The minimum Gasteiger partial charge on any atom is -0.350 e. The van der Waals surface area contributed by atoms with Gasteiger partial charge in [0.1, 0.15) is 0 Å². The lowest BCUT2D eigenvalue weighted by atomic mass is 9.89. The van der Waals surface area contributed by atoms with Crippen LogP contribution >= 0.6 is 0 Å². The Balaban J connectivity index is 1.39. The fourth-order valence-electron chi connectivity index (χ4n) is 9.18. The first-order valence-electron chi connectivity index (χ1n) is 23.0. The molecule has 8 N–H and O–H groups in total. The average Bonchev–Trinajstić information content (AvgIpc) is 3.19. The Bertz CT molecular complexity index is 1480. The number of nitrogens with one attached hydrogen (secondary N) is 8. The summed E-state index contributed by atoms with van der Waals surface area (Å²) in [7, 11) is 0. The van der Waals surface area contributed by atoms with Gasteiger partial charge in [0, 0.05) is 50.3 Å². The van der Waals surface area contributed by atoms with E-state index in [0.29, 0.717) is 26.2 Å². The van der Waals surface area contributed by atoms with Crippen LogP contribution in [0.15, 0.2) is 48.5 Å². The van der Waals surface area contributed by atoms with Crippen molar-refractivity contribution in [2.45, 2.75) is 181 Å². The van der Waals surface area contributed by atoms with Crippen molar-refractivity contribution in [3.05, 3.63) is 70.8 Å². The lowest BCUT2D eigenvalue weighted by Crippen LogP contribution is -2.59. The molecular weight excluding hydrogens is 753 g/mol. The summed E-state index contributed by atoms with van der Waals surface area (Å²) in [6.45, 7) is 18.5. The minimum atomic E-state index is -0.417. The zero-order valence-electron chi connectivity index (χ0n) is 37.7. The molecule has 12 heteroatoms. The fourth-order valence-corrected chi connectivity index (χ4v) is 9.18. The van der Waals surface area contributed by atoms with Crippen molar-refractivity contribution >= 4 is 23.6 Å². The smallest absolute Gasteiger partial charge is 0.237 e. The molecule has 60 heavy (non-hydrogen) atoms. The Hall–Kier alpha value is -3.84. The van der Waals surface area contributed by atoms with Crippen molar-refractivity contribution in [2.24, 2.45) is 23.7 Å². The Morgan fingerprint density at radius 3 is 0.800 bits per heavy atom. The quantitative estimate of drug-likeness (QED) is 0.215. The standard InChI is InChI=1S/C48H76N8O4/c1-29(2)41-45(57)53-37-19-9-10-20-38(37)54-46(58)42(30(3)4)51-27-35-17-14-18-36(24-35)28-52-44(32(7)8)48(60)56-40-22-12-11-21-39(40)55-47(59)43(31(5)6)50-26-34-16-13-15-33(23-34)25-49-41/h13-18,23-24,29-32,37-44,49-52H,9-12,19-22,25-28H2,1-8H3,(H,53,57)(H,54,58)(H,55,59)(H,56,60)/t37-,38-,39-,40-,41+,42+,43+,44+/m1/s1. The number of rotatable bonds is 4. The molecule has 0 spiro atoms. The molecule has 8 atom stereocenters. The van der Waals surface area contributed by atoms with Gasteiger partial charge in [-0.1, -0.05) is 130 Å². The van der Waals surface area contributed by atoms with Crippen LogP contribution in [0.5, 0.6) is 0 Å². The van der Waals surface area contributed by atoms with Gasteiger partial charge in [-0.2, -0.15) is 0 Å². The van der Waals surface area contributed by atoms with Crippen LogP contribution in [0.2, 0.25) is 0 Å². The molecular formula is C48H76N8O4. The molecule has 12 nitrogen and oxygen atoms in total. The summed E-state index contributed by atoms with van der Waals surface area (Å²) in [6, 6.07) is 14.2. The van der Waals surface area contributed by atoms with Crippen LogP contribution < -0.4 is 42.5 Å². The molecule has 2 aliphatic carbocycles. The summed E-state index contributed by atoms with van der Waals surface area (Å²) in [5.41, 5.74) is 4.20. The van der Waals surface area contributed by atoms with Gasteiger partial charge in [-0.05, 0) is 71.6 Å². The third-order valence-electron chi connectivity index (χ3n) is 12.7. The predicted octanol–water partition coefficient (Wildman–Crippen LogP) is 4.94. The monoisotopic (exact) mass is 829 g/mol. The number of benzene rings is 2. The number of carbonyl (C=O) groups is 4. The Morgan fingerprint density at radius 2 is 0.600 bits per heavy atom. The summed E-state index contributed by atoms with van der Waals surface area (Å²) in [5.74, 6) is -0.0180. The topological polar surface area (TPSA) is 165 Å². The van der Waals surface area contributed by atoms with Crippen LogP contribution in [0.25, 0.3) is 0 Å². The third kappa shape index (κ3) is 13.6. The van der Waals surface area contributed by atoms with E-state index in [4.69, 9.17) is 0 Å². The predicted molar refractivity (Wildman–Crippen MR) is 239 cm³/mol. The van der Waals surface area contributed by atoms with E-state index in [1.807, 2.05) is 12.1 Å². The molecule has 2 aromatic rings. The zero-order valence-corrected chi connectivity index (χ0v) is 37.7. The van der Waals surface area contributed by atoms with Crippen LogP contribution in [0, 0.1) is 23.7 Å². The highest BCUT2D eigenvalue weighted by molar-refractivity contribution is 5.85. The van der Waals surface area contributed by atoms with Gasteiger partial charge in [0.15, 0.2) is 0 Å². The van der Waals surface area contributed by atoms with Crippen molar-refractivity contribution in [1.29, 1.82) is 0 Å². The molecule has 0 saturated heterocycles. The molecule has 4 amide bonds. The number of amides is 4. The molecule has 5 rings (SSSR count). The molecule has 2 fully saturated rings. The van der Waals surface area contributed by atoms with Gasteiger partial charge in [0.05, 0.1) is 24.2 Å². The van der Waals surface area contributed by atoms with Crippen molar-refractivity contribution in [3.8, 4) is 0 Å². The van der Waals surface area contributed by atoms with Crippen molar-refractivity contribution < 1.29 is 19.2 Å². The highest BCUT2D eigenvalue weighted by Crippen LogP contribution is 2.22. The molecule has 1 aliphatic heterocycles. The second kappa shape index (κ2) is 22.8. The van der Waals surface area contributed by atoms with E-state index >= 15 is 0 Å². The second-order valence-electron chi connectivity index (χ2n) is 19.1. The summed E-state index contributed by atoms with van der Waals surface area (Å²) >= 11 is 0. The molecule has 1 heterocycles. The number of hydrogen-bond acceptors (Lipinski definition) is 8. The Kier molecular flexibility index (Phi) is 18.0. The molecule has 0 aromatic heterocycles. The van der Waals surface area contributed by atoms with Crippen molar-refractivity contribution in [3.63, 3.8) is 0 Å². The van der Waals surface area contributed by atoms with Gasteiger partial charge in [-0.25, -0.2) is 0 Å². The highest BCUT2D eigenvalue weighted by atomic mass is 16.2. The van der Waals surface area contributed by atoms with Gasteiger partial charge in [-0.3, -0.25) is 19.2 Å². The largest absolute Gasteiger partial charge is 0.350 e. The van der Waals surface area contributed by atoms with E-state index in [-0.39, 0.29) is 71.5 Å². The van der Waals surface area contributed by atoms with Crippen molar-refractivity contribution in [2.75, 3.05) is 0 Å². The van der Waals surface area contributed by atoms with Crippen LogP contribution in [0.3, 0.4) is 0 Å². The number of hydrogen-bond donors (Lipinski definition) is 8. The third-order valence-corrected chi connectivity index (χ3v) is 12.7. The highest BCUT2D eigenvalue weighted by Gasteiger charge is 2.35. The molecule has 4 bridgehead atoms. The van der Waals surface area contributed by atoms with Crippen LogP contribution in [-0.2, 0) is 45.4 Å². The number of carbonyl (C=O) groups excluding carboxylic acids is 4. The zero-order chi connectivity index (χ0) is 43.3. The fraction of sp³-hybridized carbons (Fsp3) is 0.667. The first-order valence-corrected chi connectivity index (χ1v) is 23.0. The van der Waals surface area contributed by atoms with E-state index in [9.17, 15) is 19.2 Å². The van der Waals surface area contributed by atoms with Gasteiger partial charge in [0.25, 0.3) is 0 Å². The van der Waals surface area contributed by atoms with Gasteiger partial charge >= 0.3 is 0 Å². The van der Waals surface area contributed by atoms with Crippen LogP contribution in [0.4, 0.5) is 0 Å². The van der Waals surface area contributed by atoms with Crippen LogP contribution in [0.1, 0.15) is 129 Å². The summed E-state index contributed by atoms with van der Waals surface area (Å²) < 4.78 is 0. The van der Waals surface area contributed by atoms with Gasteiger partial charge in [-0.15, -0.1) is 0 Å². The van der Waals surface area contributed by atoms with Gasteiger partial charge in [0.2, 0.25) is 23.6 Å². The molecule has 0 unspecified atom stereocenters. The molecule has 2 saturated carbocycles. The lowest BCUT2D eigenvalue weighted by Gasteiger charge is -2.36. The SMILES string of the molecule is CC(C)[C@@H]1NCc2cccc(c2)CN[C@@H](C(C)C)C(=O)N[C@@H]2CCCC[C@H]2NC(=O)[C@H](C(C)C)NCc2cccc(c2)CN[C@@H](C(C)C)C(=O)N[C@@H]2CCCC[C@H]2NC1=O. The average molecular weight is 829 g/mol. The van der Waals surface area contributed by atoms with Crippen molar-refractivity contribution in [1.82, 2.24) is 42.5 Å². The van der Waals surface area contributed by atoms with E-state index in [2.05, 4.69) is 134 Å². The lowest BCUT2D eigenvalue weighted by molar-refractivity contribution is -0.128. The summed E-state index contributed by atoms with van der Waals surface area (Å²) in [6.07, 6.45) is 7.24. The Morgan fingerprint density at radius 1 is 0.383 bits per heavy atom. The first-order chi connectivity index (χ1) is 28.7. The molecule has 3 aliphatic rings. The molecule has 2 aromatic carbocycles. The van der Waals surface area contributed by atoms with Crippen LogP contribution in [-0.4, -0.2) is 72.0 Å². The van der Waals surface area contributed by atoms with E-state index < -0.39 is 24.2 Å². The summed E-state index contributed by atoms with van der Waals surface area (Å²) in [5, 5.41) is 27.5. The van der Waals surface area contributed by atoms with E-state index in [0.717, 1.165) is 73.6 Å². The van der Waals surface area contributed by atoms with E-state index in [1.54, 1.807) is 0 Å². The summed E-state index contributed by atoms with van der Waals surface area (Å²) in [4.78, 5) is 55.7. The normalized spacial score (nSPS) is 28.9. The molecule has 0 radical (unpaired) electrons. The second-order valence-corrected chi connectivity index (χ2v) is 19.1. The van der Waals surface area contributed by atoms with E-state index in [1.165, 1.54) is 0 Å². The molecule has 332 valence electrons. The Labute approximate surface area is 360 Å².